The molecular formula is C15H15NOS. The summed E-state index contributed by atoms with van der Waals surface area (Å²) in [4.78, 5) is 5.92. The van der Waals surface area contributed by atoms with Gasteiger partial charge in [-0.3, -0.25) is 0 Å². The molecule has 2 aromatic rings. The van der Waals surface area contributed by atoms with Crippen LogP contribution in [0.1, 0.15) is 23.5 Å². The van der Waals surface area contributed by atoms with Gasteiger partial charge >= 0.3 is 0 Å². The SMILES string of the molecule is CC1N=C(Cc2cccs2)OC1c1ccccc1. The molecule has 92 valence electrons. The predicted octanol–water partition coefficient (Wildman–Crippen LogP) is 3.85. The lowest BCUT2D eigenvalue weighted by Gasteiger charge is -2.14. The number of rotatable bonds is 3. The summed E-state index contributed by atoms with van der Waals surface area (Å²) in [6.07, 6.45) is 0.881. The molecule has 2 atom stereocenters. The van der Waals surface area contributed by atoms with Gasteiger partial charge in [0.25, 0.3) is 0 Å². The van der Waals surface area contributed by atoms with E-state index in [1.165, 1.54) is 10.4 Å². The van der Waals surface area contributed by atoms with Crippen LogP contribution in [-0.4, -0.2) is 11.9 Å². The molecule has 1 aromatic heterocycles. The normalized spacial score (nSPS) is 22.6. The Labute approximate surface area is 111 Å². The minimum absolute atomic E-state index is 0.0705. The standard InChI is InChI=1S/C15H15NOS/c1-11-15(12-6-3-2-4-7-12)17-14(16-11)10-13-8-5-9-18-13/h2-9,11,15H,10H2,1H3. The first-order valence-corrected chi connectivity index (χ1v) is 7.01. The lowest BCUT2D eigenvalue weighted by Crippen LogP contribution is -2.11. The molecule has 3 heteroatoms. The number of hydrogen-bond donors (Lipinski definition) is 0. The highest BCUT2D eigenvalue weighted by Gasteiger charge is 2.28. The summed E-state index contributed by atoms with van der Waals surface area (Å²) in [5.74, 6) is 0.860. The van der Waals surface area contributed by atoms with Crippen LogP contribution in [0, 0.1) is 0 Å². The van der Waals surface area contributed by atoms with E-state index in [1.54, 1.807) is 11.3 Å². The Morgan fingerprint density at radius 1 is 1.17 bits per heavy atom. The van der Waals surface area contributed by atoms with Crippen molar-refractivity contribution in [2.24, 2.45) is 4.99 Å². The molecule has 1 aliphatic rings. The maximum atomic E-state index is 5.99. The van der Waals surface area contributed by atoms with E-state index in [0.29, 0.717) is 0 Å². The lowest BCUT2D eigenvalue weighted by atomic mass is 10.0. The van der Waals surface area contributed by atoms with Crippen LogP contribution in [0.15, 0.2) is 52.8 Å². The molecule has 0 saturated carbocycles. The van der Waals surface area contributed by atoms with Crippen LogP contribution in [0.4, 0.5) is 0 Å². The van der Waals surface area contributed by atoms with E-state index in [0.717, 1.165) is 12.3 Å². The fourth-order valence-corrected chi connectivity index (χ4v) is 2.90. The van der Waals surface area contributed by atoms with Crippen molar-refractivity contribution in [1.82, 2.24) is 0 Å². The van der Waals surface area contributed by atoms with E-state index >= 15 is 0 Å². The first kappa shape index (κ1) is 11.5. The van der Waals surface area contributed by atoms with Crippen LogP contribution in [0.3, 0.4) is 0 Å². The zero-order chi connectivity index (χ0) is 12.4. The number of aliphatic imine (C=N–C) groups is 1. The molecule has 0 aliphatic carbocycles. The number of benzene rings is 1. The zero-order valence-corrected chi connectivity index (χ0v) is 11.1. The third-order valence-corrected chi connectivity index (χ3v) is 3.96. The summed E-state index contributed by atoms with van der Waals surface area (Å²) in [7, 11) is 0. The van der Waals surface area contributed by atoms with E-state index in [9.17, 15) is 0 Å². The van der Waals surface area contributed by atoms with Gasteiger partial charge in [-0.2, -0.15) is 0 Å². The Bertz CT molecular complexity index is 533. The fraction of sp³-hybridized carbons (Fsp3) is 0.267. The number of ether oxygens (including phenoxy) is 1. The van der Waals surface area contributed by atoms with Crippen molar-refractivity contribution in [3.8, 4) is 0 Å². The quantitative estimate of drug-likeness (QED) is 0.818. The second kappa shape index (κ2) is 4.94. The summed E-state index contributed by atoms with van der Waals surface area (Å²) < 4.78 is 5.99. The molecule has 1 aliphatic heterocycles. The number of thiophene rings is 1. The molecule has 1 aromatic carbocycles. The smallest absolute Gasteiger partial charge is 0.189 e. The van der Waals surface area contributed by atoms with Gasteiger partial charge in [0.1, 0.15) is 6.10 Å². The van der Waals surface area contributed by atoms with Gasteiger partial charge in [0.15, 0.2) is 5.90 Å². The van der Waals surface area contributed by atoms with E-state index in [4.69, 9.17) is 4.74 Å². The van der Waals surface area contributed by atoms with Gasteiger partial charge < -0.3 is 4.74 Å². The van der Waals surface area contributed by atoms with E-state index < -0.39 is 0 Å². The van der Waals surface area contributed by atoms with Crippen molar-refractivity contribution < 1.29 is 4.74 Å². The Kier molecular flexibility index (Phi) is 3.15. The van der Waals surface area contributed by atoms with E-state index in [-0.39, 0.29) is 12.1 Å². The third-order valence-electron chi connectivity index (χ3n) is 3.08. The molecule has 2 unspecified atom stereocenters. The van der Waals surface area contributed by atoms with Gasteiger partial charge in [0.2, 0.25) is 0 Å². The molecule has 0 amide bonds. The van der Waals surface area contributed by atoms with Gasteiger partial charge in [-0.15, -0.1) is 11.3 Å². The largest absolute Gasteiger partial charge is 0.470 e. The topological polar surface area (TPSA) is 21.6 Å². The van der Waals surface area contributed by atoms with Crippen molar-refractivity contribution in [1.29, 1.82) is 0 Å². The van der Waals surface area contributed by atoms with Gasteiger partial charge in [-0.25, -0.2) is 4.99 Å². The Balaban J connectivity index is 1.73. The van der Waals surface area contributed by atoms with Gasteiger partial charge in [0, 0.05) is 4.88 Å². The van der Waals surface area contributed by atoms with Crippen LogP contribution in [0.25, 0.3) is 0 Å². The molecule has 0 fully saturated rings. The highest BCUT2D eigenvalue weighted by molar-refractivity contribution is 7.10. The van der Waals surface area contributed by atoms with Crippen molar-refractivity contribution >= 4 is 17.2 Å². The maximum Gasteiger partial charge on any atom is 0.189 e. The molecule has 0 N–H and O–H groups in total. The highest BCUT2D eigenvalue weighted by atomic mass is 32.1. The van der Waals surface area contributed by atoms with Crippen LogP contribution in [0.5, 0.6) is 0 Å². The summed E-state index contributed by atoms with van der Waals surface area (Å²) in [5.41, 5.74) is 1.20. The summed E-state index contributed by atoms with van der Waals surface area (Å²) in [6, 6.07) is 14.7. The minimum atomic E-state index is 0.0705. The Morgan fingerprint density at radius 2 is 2.00 bits per heavy atom. The first-order valence-electron chi connectivity index (χ1n) is 6.13. The molecule has 2 heterocycles. The predicted molar refractivity (Wildman–Crippen MR) is 75.2 cm³/mol. The monoisotopic (exact) mass is 257 g/mol. The van der Waals surface area contributed by atoms with Gasteiger partial charge in [0.05, 0.1) is 12.5 Å². The second-order valence-electron chi connectivity index (χ2n) is 4.47. The van der Waals surface area contributed by atoms with Gasteiger partial charge in [-0.1, -0.05) is 36.4 Å². The summed E-state index contributed by atoms with van der Waals surface area (Å²) in [5, 5.41) is 2.09. The van der Waals surface area contributed by atoms with E-state index in [2.05, 4.69) is 41.6 Å². The average Bonchev–Trinajstić information content (AvgIpc) is 3.01. The van der Waals surface area contributed by atoms with Crippen LogP contribution >= 0.6 is 11.3 Å². The van der Waals surface area contributed by atoms with Crippen LogP contribution < -0.4 is 0 Å². The zero-order valence-electron chi connectivity index (χ0n) is 10.2. The van der Waals surface area contributed by atoms with Gasteiger partial charge in [-0.05, 0) is 23.9 Å². The molecule has 18 heavy (non-hydrogen) atoms. The van der Waals surface area contributed by atoms with Crippen molar-refractivity contribution in [3.05, 3.63) is 58.3 Å². The van der Waals surface area contributed by atoms with Crippen LogP contribution in [-0.2, 0) is 11.2 Å². The molecule has 0 saturated heterocycles. The molecular weight excluding hydrogens is 242 g/mol. The summed E-state index contributed by atoms with van der Waals surface area (Å²) in [6.45, 7) is 2.11. The second-order valence-corrected chi connectivity index (χ2v) is 5.50. The number of nitrogens with zero attached hydrogens (tertiary/aromatic N) is 1. The third kappa shape index (κ3) is 2.31. The van der Waals surface area contributed by atoms with Crippen molar-refractivity contribution in [2.45, 2.75) is 25.5 Å². The maximum absolute atomic E-state index is 5.99. The Hall–Kier alpha value is -1.61. The molecule has 0 spiro atoms. The molecule has 0 radical (unpaired) electrons. The first-order chi connectivity index (χ1) is 8.83. The molecule has 3 rings (SSSR count). The van der Waals surface area contributed by atoms with Crippen LogP contribution in [0.2, 0.25) is 0 Å². The van der Waals surface area contributed by atoms with Crippen molar-refractivity contribution in [2.75, 3.05) is 0 Å². The Morgan fingerprint density at radius 3 is 2.72 bits per heavy atom. The average molecular weight is 257 g/mol. The minimum Gasteiger partial charge on any atom is -0.470 e. The number of hydrogen-bond acceptors (Lipinski definition) is 3. The molecule has 0 bridgehead atoms. The fourth-order valence-electron chi connectivity index (χ4n) is 2.21. The lowest BCUT2D eigenvalue weighted by molar-refractivity contribution is 0.198. The molecule has 2 nitrogen and oxygen atoms in total. The van der Waals surface area contributed by atoms with Crippen molar-refractivity contribution in [3.63, 3.8) is 0 Å². The highest BCUT2D eigenvalue weighted by Crippen LogP contribution is 2.30. The van der Waals surface area contributed by atoms with E-state index in [1.807, 2.05) is 18.2 Å². The summed E-state index contributed by atoms with van der Waals surface area (Å²) >= 11 is 1.75.